The molecule has 2 rings (SSSR count). The van der Waals surface area contributed by atoms with Crippen LogP contribution in [-0.4, -0.2) is 4.98 Å². The second-order valence-electron chi connectivity index (χ2n) is 3.31. The first-order valence-electron chi connectivity index (χ1n) is 4.54. The normalized spacial score (nSPS) is 10.3. The number of nitrogens with zero attached hydrogens (tertiary/aromatic N) is 1. The zero-order valence-electron chi connectivity index (χ0n) is 8.17. The average molecular weight is 222 g/mol. The third kappa shape index (κ3) is 2.00. The largest absolute Gasteiger partial charge is 0.262 e. The fraction of sp³-hybridized carbons (Fsp3) is 0.0833. The minimum absolute atomic E-state index is 0.317. The lowest BCUT2D eigenvalue weighted by atomic mass is 10.0. The molecule has 1 aromatic carbocycles. The smallest absolute Gasteiger partial charge is 0.149 e. The molecule has 1 aromatic heterocycles. The molecule has 0 radical (unpaired) electrons. The Balaban J connectivity index is 2.60. The van der Waals surface area contributed by atoms with Crippen LogP contribution in [0.5, 0.6) is 0 Å². The van der Waals surface area contributed by atoms with Crippen LogP contribution in [0.4, 0.5) is 4.39 Å². The summed E-state index contributed by atoms with van der Waals surface area (Å²) in [6, 6.07) is 7.04. The number of aryl methyl sites for hydroxylation is 1. The Bertz CT molecular complexity index is 497. The van der Waals surface area contributed by atoms with Crippen molar-refractivity contribution in [3.63, 3.8) is 0 Å². The van der Waals surface area contributed by atoms with E-state index in [-0.39, 0.29) is 5.82 Å². The number of rotatable bonds is 1. The van der Waals surface area contributed by atoms with Crippen LogP contribution in [0.1, 0.15) is 5.56 Å². The van der Waals surface area contributed by atoms with E-state index in [4.69, 9.17) is 11.6 Å². The van der Waals surface area contributed by atoms with Gasteiger partial charge in [0, 0.05) is 16.8 Å². The Morgan fingerprint density at radius 3 is 2.67 bits per heavy atom. The zero-order valence-corrected chi connectivity index (χ0v) is 8.92. The van der Waals surface area contributed by atoms with Gasteiger partial charge in [-0.15, -0.1) is 0 Å². The topological polar surface area (TPSA) is 12.9 Å². The van der Waals surface area contributed by atoms with Gasteiger partial charge < -0.3 is 0 Å². The second kappa shape index (κ2) is 3.99. The molecule has 0 atom stereocenters. The molecule has 0 aliphatic carbocycles. The quantitative estimate of drug-likeness (QED) is 0.713. The molecule has 0 saturated carbocycles. The van der Waals surface area contributed by atoms with E-state index in [1.54, 1.807) is 18.3 Å². The van der Waals surface area contributed by atoms with Gasteiger partial charge in [0.25, 0.3) is 0 Å². The van der Waals surface area contributed by atoms with Crippen molar-refractivity contribution < 1.29 is 4.39 Å². The van der Waals surface area contributed by atoms with Crippen molar-refractivity contribution in [2.24, 2.45) is 0 Å². The molecule has 3 heteroatoms. The van der Waals surface area contributed by atoms with Crippen LogP contribution in [0.2, 0.25) is 5.02 Å². The van der Waals surface area contributed by atoms with Crippen LogP contribution < -0.4 is 0 Å². The maximum atomic E-state index is 13.5. The first kappa shape index (κ1) is 10.1. The second-order valence-corrected chi connectivity index (χ2v) is 3.75. The Morgan fingerprint density at radius 2 is 2.00 bits per heavy atom. The summed E-state index contributed by atoms with van der Waals surface area (Å²) in [5.41, 5.74) is 2.35. The summed E-state index contributed by atoms with van der Waals surface area (Å²) in [6.45, 7) is 1.90. The zero-order chi connectivity index (χ0) is 10.8. The van der Waals surface area contributed by atoms with Crippen molar-refractivity contribution in [3.8, 4) is 11.1 Å². The van der Waals surface area contributed by atoms with E-state index in [1.807, 2.05) is 19.1 Å². The first-order chi connectivity index (χ1) is 7.18. The van der Waals surface area contributed by atoms with Gasteiger partial charge in [0.2, 0.25) is 0 Å². The minimum atomic E-state index is -0.317. The molecular weight excluding hydrogens is 213 g/mol. The van der Waals surface area contributed by atoms with E-state index < -0.39 is 0 Å². The summed E-state index contributed by atoms with van der Waals surface area (Å²) in [7, 11) is 0. The third-order valence-electron chi connectivity index (χ3n) is 2.25. The van der Waals surface area contributed by atoms with E-state index in [9.17, 15) is 4.39 Å². The van der Waals surface area contributed by atoms with Gasteiger partial charge in [-0.25, -0.2) is 4.39 Å². The maximum absolute atomic E-state index is 13.5. The van der Waals surface area contributed by atoms with E-state index in [1.165, 1.54) is 6.20 Å². The van der Waals surface area contributed by atoms with Crippen LogP contribution in [0, 0.1) is 12.7 Å². The monoisotopic (exact) mass is 221 g/mol. The first-order valence-corrected chi connectivity index (χ1v) is 4.92. The van der Waals surface area contributed by atoms with Crippen molar-refractivity contribution in [1.82, 2.24) is 4.98 Å². The fourth-order valence-corrected chi connectivity index (χ4v) is 1.75. The van der Waals surface area contributed by atoms with Crippen LogP contribution in [-0.2, 0) is 0 Å². The Labute approximate surface area is 92.5 Å². The van der Waals surface area contributed by atoms with Gasteiger partial charge in [-0.05, 0) is 36.2 Å². The summed E-state index contributed by atoms with van der Waals surface area (Å²) >= 11 is 5.84. The Kier molecular flexibility index (Phi) is 2.69. The van der Waals surface area contributed by atoms with Gasteiger partial charge in [0.15, 0.2) is 0 Å². The number of halogens is 2. The van der Waals surface area contributed by atoms with Crippen molar-refractivity contribution >= 4 is 11.6 Å². The fourth-order valence-electron chi connectivity index (χ4n) is 1.52. The Hall–Kier alpha value is -1.41. The summed E-state index contributed by atoms with van der Waals surface area (Å²) in [5, 5.41) is 0.658. The molecule has 0 aliphatic heterocycles. The van der Waals surface area contributed by atoms with Gasteiger partial charge in [-0.1, -0.05) is 17.7 Å². The highest BCUT2D eigenvalue weighted by atomic mass is 35.5. The number of benzene rings is 1. The molecule has 0 saturated heterocycles. The number of hydrogen-bond donors (Lipinski definition) is 0. The van der Waals surface area contributed by atoms with Crippen LogP contribution in [0.25, 0.3) is 11.1 Å². The van der Waals surface area contributed by atoms with Crippen molar-refractivity contribution in [3.05, 3.63) is 53.1 Å². The van der Waals surface area contributed by atoms with E-state index in [0.29, 0.717) is 10.6 Å². The van der Waals surface area contributed by atoms with Crippen LogP contribution >= 0.6 is 11.6 Å². The van der Waals surface area contributed by atoms with Crippen molar-refractivity contribution in [2.45, 2.75) is 6.92 Å². The predicted octanol–water partition coefficient (Wildman–Crippen LogP) is 3.85. The summed E-state index contributed by atoms with van der Waals surface area (Å²) < 4.78 is 13.5. The average Bonchev–Trinajstić information content (AvgIpc) is 2.20. The highest BCUT2D eigenvalue weighted by molar-refractivity contribution is 6.30. The molecule has 1 heterocycles. The van der Waals surface area contributed by atoms with Gasteiger partial charge in [0.1, 0.15) is 5.82 Å². The molecule has 0 N–H and O–H groups in total. The van der Waals surface area contributed by atoms with Gasteiger partial charge in [-0.3, -0.25) is 4.98 Å². The van der Waals surface area contributed by atoms with Gasteiger partial charge >= 0.3 is 0 Å². The molecule has 2 aromatic rings. The molecule has 0 bridgehead atoms. The number of pyridine rings is 1. The lowest BCUT2D eigenvalue weighted by Gasteiger charge is -2.06. The molecular formula is C12H9ClFN. The minimum Gasteiger partial charge on any atom is -0.262 e. The van der Waals surface area contributed by atoms with E-state index in [2.05, 4.69) is 4.98 Å². The van der Waals surface area contributed by atoms with Gasteiger partial charge in [0.05, 0.1) is 6.20 Å². The molecule has 15 heavy (non-hydrogen) atoms. The highest BCUT2D eigenvalue weighted by Crippen LogP contribution is 2.27. The number of aromatic nitrogens is 1. The highest BCUT2D eigenvalue weighted by Gasteiger charge is 2.07. The lowest BCUT2D eigenvalue weighted by Crippen LogP contribution is -1.88. The van der Waals surface area contributed by atoms with Crippen LogP contribution in [0.3, 0.4) is 0 Å². The summed E-state index contributed by atoms with van der Waals surface area (Å²) in [5.74, 6) is -0.317. The SMILES string of the molecule is Cc1cc(Cl)ccc1-c1ccncc1F. The molecule has 0 unspecified atom stereocenters. The predicted molar refractivity (Wildman–Crippen MR) is 59.4 cm³/mol. The van der Waals surface area contributed by atoms with Gasteiger partial charge in [-0.2, -0.15) is 0 Å². The molecule has 76 valence electrons. The third-order valence-corrected chi connectivity index (χ3v) is 2.49. The van der Waals surface area contributed by atoms with E-state index in [0.717, 1.165) is 11.1 Å². The number of hydrogen-bond acceptors (Lipinski definition) is 1. The van der Waals surface area contributed by atoms with Crippen molar-refractivity contribution in [1.29, 1.82) is 0 Å². The Morgan fingerprint density at radius 1 is 1.20 bits per heavy atom. The maximum Gasteiger partial charge on any atom is 0.149 e. The molecule has 0 spiro atoms. The molecule has 0 aliphatic rings. The van der Waals surface area contributed by atoms with Crippen molar-refractivity contribution in [2.75, 3.05) is 0 Å². The van der Waals surface area contributed by atoms with E-state index >= 15 is 0 Å². The lowest BCUT2D eigenvalue weighted by molar-refractivity contribution is 0.625. The molecule has 0 amide bonds. The van der Waals surface area contributed by atoms with Crippen LogP contribution in [0.15, 0.2) is 36.7 Å². The molecule has 1 nitrogen and oxygen atoms in total. The summed E-state index contributed by atoms with van der Waals surface area (Å²) in [4.78, 5) is 3.72. The molecule has 0 fully saturated rings. The summed E-state index contributed by atoms with van der Waals surface area (Å²) in [6.07, 6.45) is 2.79. The standard InChI is InChI=1S/C12H9ClFN/c1-8-6-9(13)2-3-10(8)11-4-5-15-7-12(11)14/h2-7H,1H3.